The number of halogens is 7. The number of aliphatic hydroxyl groups is 1. The molecule has 0 radical (unpaired) electrons. The van der Waals surface area contributed by atoms with Gasteiger partial charge in [0.1, 0.15) is 5.69 Å². The standard InChI is InChI=1S/C26H20ClF6N5O3S/c27-18-4-2-1-3-17(18)22(40)20-19(13-39)35-41-23(20)21-24(37-5-7-42-8-6-37)38(36-34-21)12-14-9-15(25(28,29)30)11-16(10-14)26(31,32)33/h1-4,9-11,39H,5-8,12-13H2. The summed E-state index contributed by atoms with van der Waals surface area (Å²) in [5.41, 5.74) is -3.43. The summed E-state index contributed by atoms with van der Waals surface area (Å²) in [6.45, 7) is -0.302. The van der Waals surface area contributed by atoms with Crippen molar-refractivity contribution in [2.45, 2.75) is 25.5 Å². The summed E-state index contributed by atoms with van der Waals surface area (Å²) in [5.74, 6) is 0.716. The molecule has 4 aromatic rings. The van der Waals surface area contributed by atoms with Crippen molar-refractivity contribution in [2.24, 2.45) is 0 Å². The Balaban J connectivity index is 1.65. The Morgan fingerprint density at radius 3 is 2.26 bits per heavy atom. The number of aliphatic hydroxyl groups excluding tert-OH is 1. The monoisotopic (exact) mass is 631 g/mol. The molecule has 1 aliphatic rings. The maximum absolute atomic E-state index is 13.6. The molecule has 1 aliphatic heterocycles. The fraction of sp³-hybridized carbons (Fsp3) is 0.308. The van der Waals surface area contributed by atoms with E-state index in [9.17, 15) is 36.2 Å². The fourth-order valence-electron chi connectivity index (χ4n) is 4.54. The van der Waals surface area contributed by atoms with E-state index < -0.39 is 42.4 Å². The quantitative estimate of drug-likeness (QED) is 0.198. The van der Waals surface area contributed by atoms with Gasteiger partial charge in [-0.1, -0.05) is 34.1 Å². The van der Waals surface area contributed by atoms with Crippen LogP contribution in [0.4, 0.5) is 32.2 Å². The molecule has 0 bridgehead atoms. The van der Waals surface area contributed by atoms with Crippen LogP contribution in [0.2, 0.25) is 5.02 Å². The van der Waals surface area contributed by atoms with Gasteiger partial charge in [0.15, 0.2) is 11.5 Å². The van der Waals surface area contributed by atoms with Crippen LogP contribution in [-0.4, -0.2) is 55.6 Å². The number of thioether (sulfide) groups is 1. The van der Waals surface area contributed by atoms with E-state index in [1.54, 1.807) is 28.8 Å². The lowest BCUT2D eigenvalue weighted by molar-refractivity contribution is -0.143. The molecule has 8 nitrogen and oxygen atoms in total. The van der Waals surface area contributed by atoms with Gasteiger partial charge in [0.05, 0.1) is 34.9 Å². The van der Waals surface area contributed by atoms with Gasteiger partial charge in [-0.05, 0) is 35.9 Å². The summed E-state index contributed by atoms with van der Waals surface area (Å²) in [6.07, 6.45) is -10.0. The first kappa shape index (κ1) is 29.9. The summed E-state index contributed by atoms with van der Waals surface area (Å²) in [7, 11) is 0. The Kier molecular flexibility index (Phi) is 8.27. The molecule has 3 heterocycles. The van der Waals surface area contributed by atoms with Gasteiger partial charge in [-0.2, -0.15) is 38.1 Å². The molecule has 0 unspecified atom stereocenters. The number of carbonyl (C=O) groups is 1. The summed E-state index contributed by atoms with van der Waals surface area (Å²) in [6, 6.07) is 7.47. The molecular formula is C26H20ClF6N5O3S. The minimum absolute atomic E-state index is 0.0208. The zero-order valence-corrected chi connectivity index (χ0v) is 22.9. The van der Waals surface area contributed by atoms with Crippen LogP contribution in [0.15, 0.2) is 47.0 Å². The number of nitrogens with zero attached hydrogens (tertiary/aromatic N) is 5. The van der Waals surface area contributed by atoms with Crippen LogP contribution in [0.3, 0.4) is 0 Å². The maximum Gasteiger partial charge on any atom is 0.416 e. The predicted octanol–water partition coefficient (Wildman–Crippen LogP) is 5.95. The first-order valence-corrected chi connectivity index (χ1v) is 13.8. The molecule has 1 N–H and O–H groups in total. The van der Waals surface area contributed by atoms with Gasteiger partial charge in [0, 0.05) is 30.2 Å². The third-order valence-electron chi connectivity index (χ3n) is 6.47. The van der Waals surface area contributed by atoms with Gasteiger partial charge >= 0.3 is 12.4 Å². The van der Waals surface area contributed by atoms with Crippen molar-refractivity contribution in [2.75, 3.05) is 29.5 Å². The highest BCUT2D eigenvalue weighted by Crippen LogP contribution is 2.39. The SMILES string of the molecule is O=C(c1ccccc1Cl)c1c(CO)noc1-c1nnn(Cc2cc(C(F)(F)F)cc(C(F)(F)F)c2)c1N1CCSCC1. The number of benzene rings is 2. The van der Waals surface area contributed by atoms with Gasteiger partial charge in [-0.15, -0.1) is 5.10 Å². The highest BCUT2D eigenvalue weighted by atomic mass is 35.5. The van der Waals surface area contributed by atoms with Crippen LogP contribution >= 0.6 is 23.4 Å². The zero-order chi connectivity index (χ0) is 30.2. The normalized spacial score (nSPS) is 14.4. The van der Waals surface area contributed by atoms with E-state index in [1.807, 2.05) is 0 Å². The van der Waals surface area contributed by atoms with E-state index in [2.05, 4.69) is 15.5 Å². The third-order valence-corrected chi connectivity index (χ3v) is 7.74. The molecule has 2 aromatic heterocycles. The van der Waals surface area contributed by atoms with Gasteiger partial charge < -0.3 is 14.5 Å². The van der Waals surface area contributed by atoms with Crippen LogP contribution in [0.5, 0.6) is 0 Å². The number of ketones is 1. The molecule has 0 saturated carbocycles. The number of rotatable bonds is 7. The number of hydrogen-bond donors (Lipinski definition) is 1. The van der Waals surface area contributed by atoms with Gasteiger partial charge in [0.25, 0.3) is 0 Å². The maximum atomic E-state index is 13.6. The number of carbonyl (C=O) groups excluding carboxylic acids is 1. The van der Waals surface area contributed by atoms with E-state index in [0.29, 0.717) is 36.7 Å². The molecule has 222 valence electrons. The van der Waals surface area contributed by atoms with Crippen molar-refractivity contribution < 1.29 is 40.8 Å². The first-order valence-electron chi connectivity index (χ1n) is 12.3. The molecule has 1 saturated heterocycles. The van der Waals surface area contributed by atoms with Gasteiger partial charge in [-0.25, -0.2) is 4.68 Å². The molecule has 0 aliphatic carbocycles. The largest absolute Gasteiger partial charge is 0.416 e. The molecule has 0 atom stereocenters. The smallest absolute Gasteiger partial charge is 0.390 e. The van der Waals surface area contributed by atoms with E-state index in [0.717, 1.165) is 4.68 Å². The van der Waals surface area contributed by atoms with E-state index in [4.69, 9.17) is 16.1 Å². The average molecular weight is 632 g/mol. The van der Waals surface area contributed by atoms with E-state index in [1.165, 1.54) is 12.1 Å². The molecule has 0 amide bonds. The second kappa shape index (κ2) is 11.6. The predicted molar refractivity (Wildman–Crippen MR) is 141 cm³/mol. The highest BCUT2D eigenvalue weighted by molar-refractivity contribution is 7.99. The van der Waals surface area contributed by atoms with Crippen molar-refractivity contribution in [3.8, 4) is 11.5 Å². The average Bonchev–Trinajstić information content (AvgIpc) is 3.56. The van der Waals surface area contributed by atoms with Crippen LogP contribution in [0.1, 0.15) is 38.3 Å². The number of hydrogen-bond acceptors (Lipinski definition) is 8. The van der Waals surface area contributed by atoms with Crippen LogP contribution in [0.25, 0.3) is 11.5 Å². The molecule has 42 heavy (non-hydrogen) atoms. The van der Waals surface area contributed by atoms with E-state index in [-0.39, 0.29) is 50.7 Å². The minimum Gasteiger partial charge on any atom is -0.390 e. The Morgan fingerprint density at radius 1 is 1.02 bits per heavy atom. The molecular weight excluding hydrogens is 612 g/mol. The summed E-state index contributed by atoms with van der Waals surface area (Å²) < 4.78 is 87.6. The van der Waals surface area contributed by atoms with Crippen molar-refractivity contribution >= 4 is 35.0 Å². The third kappa shape index (κ3) is 5.99. The Morgan fingerprint density at radius 2 is 1.67 bits per heavy atom. The number of aromatic nitrogens is 4. The van der Waals surface area contributed by atoms with Crippen LogP contribution in [0, 0.1) is 0 Å². The summed E-state index contributed by atoms with van der Waals surface area (Å²) in [5, 5.41) is 22.0. The molecule has 0 spiro atoms. The number of anilines is 1. The second-order valence-electron chi connectivity index (χ2n) is 9.23. The summed E-state index contributed by atoms with van der Waals surface area (Å²) >= 11 is 7.88. The van der Waals surface area contributed by atoms with Crippen molar-refractivity contribution in [1.82, 2.24) is 20.2 Å². The topological polar surface area (TPSA) is 97.3 Å². The number of alkyl halides is 6. The van der Waals surface area contributed by atoms with E-state index >= 15 is 0 Å². The Labute approximate surface area is 243 Å². The van der Waals surface area contributed by atoms with Crippen molar-refractivity contribution in [3.63, 3.8) is 0 Å². The Bertz CT molecular complexity index is 1580. The fourth-order valence-corrected chi connectivity index (χ4v) is 5.66. The summed E-state index contributed by atoms with van der Waals surface area (Å²) in [4.78, 5) is 15.4. The second-order valence-corrected chi connectivity index (χ2v) is 10.9. The first-order chi connectivity index (χ1) is 19.9. The Hall–Kier alpha value is -3.56. The molecule has 16 heteroatoms. The zero-order valence-electron chi connectivity index (χ0n) is 21.3. The molecule has 1 fully saturated rings. The van der Waals surface area contributed by atoms with Crippen LogP contribution < -0.4 is 4.90 Å². The molecule has 5 rings (SSSR count). The van der Waals surface area contributed by atoms with Gasteiger partial charge in [0.2, 0.25) is 11.5 Å². The molecule has 2 aromatic carbocycles. The highest BCUT2D eigenvalue weighted by Gasteiger charge is 2.37. The minimum atomic E-state index is -5.02. The van der Waals surface area contributed by atoms with Crippen molar-refractivity contribution in [3.05, 3.63) is 81.0 Å². The lowest BCUT2D eigenvalue weighted by Gasteiger charge is -2.29. The lowest BCUT2D eigenvalue weighted by atomic mass is 10.00. The lowest BCUT2D eigenvalue weighted by Crippen LogP contribution is -2.34. The van der Waals surface area contributed by atoms with Crippen molar-refractivity contribution in [1.29, 1.82) is 0 Å². The van der Waals surface area contributed by atoms with Gasteiger partial charge in [-0.3, -0.25) is 4.79 Å². The van der Waals surface area contributed by atoms with Crippen LogP contribution in [-0.2, 0) is 25.5 Å².